The molecule has 0 aliphatic rings. The van der Waals surface area contributed by atoms with Gasteiger partial charge < -0.3 is 24.1 Å². The predicted molar refractivity (Wildman–Crippen MR) is 73.2 cm³/mol. The van der Waals surface area contributed by atoms with Crippen molar-refractivity contribution >= 4 is 6.29 Å². The number of hydrogen-bond acceptors (Lipinski definition) is 5. The highest BCUT2D eigenvalue weighted by molar-refractivity contribution is 5.53. The highest BCUT2D eigenvalue weighted by Crippen LogP contribution is 2.23. The summed E-state index contributed by atoms with van der Waals surface area (Å²) in [4.78, 5) is 10.6. The van der Waals surface area contributed by atoms with E-state index in [9.17, 15) is 9.90 Å². The molecule has 0 aromatic heterocycles. The fraction of sp³-hybridized carbons (Fsp3) is 0.929. The van der Waals surface area contributed by atoms with Crippen LogP contribution >= 0.6 is 0 Å². The van der Waals surface area contributed by atoms with Crippen LogP contribution in [0.25, 0.3) is 0 Å². The van der Waals surface area contributed by atoms with Crippen molar-refractivity contribution in [2.24, 2.45) is 5.92 Å². The molecule has 0 heterocycles. The van der Waals surface area contributed by atoms with Gasteiger partial charge >= 0.3 is 0 Å². The van der Waals surface area contributed by atoms with Crippen molar-refractivity contribution in [2.45, 2.75) is 58.0 Å². The first-order valence-corrected chi connectivity index (χ1v) is 6.65. The fourth-order valence-electron chi connectivity index (χ4n) is 1.71. The molecule has 0 saturated heterocycles. The maximum Gasteiger partial charge on any atom is 0.125 e. The zero-order valence-corrected chi connectivity index (χ0v) is 12.9. The predicted octanol–water partition coefficient (Wildman–Crippen LogP) is 1.42. The minimum atomic E-state index is -0.745. The van der Waals surface area contributed by atoms with E-state index in [1.54, 1.807) is 21.1 Å². The topological polar surface area (TPSA) is 65.0 Å². The Bertz CT molecular complexity index is 258. The summed E-state index contributed by atoms with van der Waals surface area (Å²) in [5, 5.41) is 10.2. The van der Waals surface area contributed by atoms with Crippen molar-refractivity contribution in [3.63, 3.8) is 0 Å². The molecule has 19 heavy (non-hydrogen) atoms. The van der Waals surface area contributed by atoms with E-state index in [-0.39, 0.29) is 18.1 Å². The molecule has 0 aromatic carbocycles. The third kappa shape index (κ3) is 5.57. The molecular formula is C14H28O5. The lowest BCUT2D eigenvalue weighted by Gasteiger charge is -2.36. The summed E-state index contributed by atoms with van der Waals surface area (Å²) in [7, 11) is 3.11. The number of aliphatic hydroxyl groups is 1. The van der Waals surface area contributed by atoms with Crippen LogP contribution in [-0.4, -0.2) is 56.1 Å². The van der Waals surface area contributed by atoms with Crippen LogP contribution < -0.4 is 0 Å². The number of rotatable bonds is 10. The second-order valence-electron chi connectivity index (χ2n) is 5.22. The second-order valence-corrected chi connectivity index (χ2v) is 5.22. The molecule has 0 spiro atoms. The Morgan fingerprint density at radius 3 is 2.21 bits per heavy atom. The summed E-state index contributed by atoms with van der Waals surface area (Å²) >= 11 is 0. The molecule has 1 N–H and O–H groups in total. The van der Waals surface area contributed by atoms with Gasteiger partial charge in [-0.2, -0.15) is 0 Å². The van der Waals surface area contributed by atoms with Crippen molar-refractivity contribution in [1.29, 1.82) is 0 Å². The van der Waals surface area contributed by atoms with Crippen molar-refractivity contribution < 1.29 is 24.1 Å². The van der Waals surface area contributed by atoms with Crippen molar-refractivity contribution in [3.8, 4) is 0 Å². The summed E-state index contributed by atoms with van der Waals surface area (Å²) in [5.74, 6) is -0.142. The highest BCUT2D eigenvalue weighted by Gasteiger charge is 2.36. The van der Waals surface area contributed by atoms with Gasteiger partial charge in [0.2, 0.25) is 0 Å². The molecule has 5 heteroatoms. The Labute approximate surface area is 116 Å². The fourth-order valence-corrected chi connectivity index (χ4v) is 1.71. The van der Waals surface area contributed by atoms with Crippen LogP contribution in [0, 0.1) is 5.92 Å². The summed E-state index contributed by atoms with van der Waals surface area (Å²) in [5.41, 5.74) is -0.737. The first-order chi connectivity index (χ1) is 8.82. The maximum atomic E-state index is 10.6. The number of aliphatic hydroxyl groups excluding tert-OH is 1. The van der Waals surface area contributed by atoms with Crippen LogP contribution in [0.2, 0.25) is 0 Å². The molecule has 0 aromatic rings. The molecule has 5 atom stereocenters. The minimum absolute atomic E-state index is 0.142. The Morgan fingerprint density at radius 1 is 1.21 bits per heavy atom. The average Bonchev–Trinajstić information content (AvgIpc) is 2.43. The summed E-state index contributed by atoms with van der Waals surface area (Å²) in [6.45, 7) is 7.70. The lowest BCUT2D eigenvalue weighted by Crippen LogP contribution is -2.48. The van der Waals surface area contributed by atoms with Crippen molar-refractivity contribution in [3.05, 3.63) is 0 Å². The SMILES string of the molecule is COC(C)[C@H](O)[C@@](C)(CCO[C@@H](C)C(C)C=O)OC. The van der Waals surface area contributed by atoms with Gasteiger partial charge in [0, 0.05) is 33.2 Å². The standard InChI is InChI=1S/C14H28O5/c1-10(9-15)11(2)19-8-7-14(4,18-6)13(16)12(3)17-5/h9-13,16H,7-8H2,1-6H3/t10?,11-,12?,13-,14+/m0/s1. The lowest BCUT2D eigenvalue weighted by molar-refractivity contribution is -0.150. The smallest absolute Gasteiger partial charge is 0.125 e. The highest BCUT2D eigenvalue weighted by atomic mass is 16.5. The van der Waals surface area contributed by atoms with E-state index in [2.05, 4.69) is 0 Å². The van der Waals surface area contributed by atoms with Gasteiger partial charge in [-0.05, 0) is 20.8 Å². The molecule has 2 unspecified atom stereocenters. The van der Waals surface area contributed by atoms with Crippen LogP contribution in [0.5, 0.6) is 0 Å². The van der Waals surface area contributed by atoms with E-state index in [4.69, 9.17) is 14.2 Å². The van der Waals surface area contributed by atoms with Gasteiger partial charge in [0.25, 0.3) is 0 Å². The van der Waals surface area contributed by atoms with E-state index in [0.29, 0.717) is 13.0 Å². The Morgan fingerprint density at radius 2 is 1.79 bits per heavy atom. The molecule has 5 nitrogen and oxygen atoms in total. The molecule has 0 rings (SSSR count). The number of ether oxygens (including phenoxy) is 3. The Kier molecular flexibility index (Phi) is 8.41. The molecule has 0 saturated carbocycles. The van der Waals surface area contributed by atoms with Gasteiger partial charge in [0.05, 0.1) is 17.8 Å². The summed E-state index contributed by atoms with van der Waals surface area (Å²) < 4.78 is 16.1. The Hall–Kier alpha value is -0.490. The van der Waals surface area contributed by atoms with Crippen molar-refractivity contribution in [1.82, 2.24) is 0 Å². The molecule has 0 aliphatic heterocycles. The van der Waals surface area contributed by atoms with Gasteiger partial charge in [-0.15, -0.1) is 0 Å². The monoisotopic (exact) mass is 276 g/mol. The van der Waals surface area contributed by atoms with E-state index in [1.165, 1.54) is 0 Å². The normalized spacial score (nSPS) is 21.2. The van der Waals surface area contributed by atoms with Crippen LogP contribution in [0.15, 0.2) is 0 Å². The molecule has 114 valence electrons. The average molecular weight is 276 g/mol. The van der Waals surface area contributed by atoms with Gasteiger partial charge in [0.1, 0.15) is 12.4 Å². The van der Waals surface area contributed by atoms with E-state index in [0.717, 1.165) is 6.29 Å². The molecule has 0 bridgehead atoms. The van der Waals surface area contributed by atoms with Crippen LogP contribution in [0.3, 0.4) is 0 Å². The molecule has 0 radical (unpaired) electrons. The van der Waals surface area contributed by atoms with Crippen LogP contribution in [0.4, 0.5) is 0 Å². The number of carbonyl (C=O) groups is 1. The number of carbonyl (C=O) groups excluding carboxylic acids is 1. The van der Waals surface area contributed by atoms with E-state index in [1.807, 2.05) is 20.8 Å². The van der Waals surface area contributed by atoms with Crippen LogP contribution in [0.1, 0.15) is 34.1 Å². The number of hydrogen-bond donors (Lipinski definition) is 1. The number of methoxy groups -OCH3 is 2. The van der Waals surface area contributed by atoms with Gasteiger partial charge in [0.15, 0.2) is 0 Å². The minimum Gasteiger partial charge on any atom is -0.387 e. The third-order valence-corrected chi connectivity index (χ3v) is 3.84. The number of aldehydes is 1. The molecular weight excluding hydrogens is 248 g/mol. The quantitative estimate of drug-likeness (QED) is 0.611. The second kappa shape index (κ2) is 8.64. The molecule has 0 aliphatic carbocycles. The zero-order chi connectivity index (χ0) is 15.1. The van der Waals surface area contributed by atoms with Gasteiger partial charge in [-0.3, -0.25) is 0 Å². The Balaban J connectivity index is 4.36. The van der Waals surface area contributed by atoms with E-state index >= 15 is 0 Å². The third-order valence-electron chi connectivity index (χ3n) is 3.84. The largest absolute Gasteiger partial charge is 0.387 e. The summed E-state index contributed by atoms with van der Waals surface area (Å²) in [6, 6.07) is 0. The summed E-state index contributed by atoms with van der Waals surface area (Å²) in [6.07, 6.45) is 0.188. The van der Waals surface area contributed by atoms with Gasteiger partial charge in [-0.1, -0.05) is 6.92 Å². The van der Waals surface area contributed by atoms with Crippen molar-refractivity contribution in [2.75, 3.05) is 20.8 Å². The lowest BCUT2D eigenvalue weighted by atomic mass is 9.91. The van der Waals surface area contributed by atoms with Crippen LogP contribution in [-0.2, 0) is 19.0 Å². The first-order valence-electron chi connectivity index (χ1n) is 6.65. The van der Waals surface area contributed by atoms with E-state index < -0.39 is 11.7 Å². The maximum absolute atomic E-state index is 10.6. The molecule has 0 fully saturated rings. The zero-order valence-electron chi connectivity index (χ0n) is 12.9. The first kappa shape index (κ1) is 18.5. The van der Waals surface area contributed by atoms with Gasteiger partial charge in [-0.25, -0.2) is 0 Å². The molecule has 0 amide bonds.